The summed E-state index contributed by atoms with van der Waals surface area (Å²) in [7, 11) is 1.57. The Morgan fingerprint density at radius 3 is 3.00 bits per heavy atom. The zero-order chi connectivity index (χ0) is 8.97. The molecule has 0 radical (unpaired) electrons. The van der Waals surface area contributed by atoms with Gasteiger partial charge in [0, 0.05) is 17.1 Å². The van der Waals surface area contributed by atoms with Crippen molar-refractivity contribution in [3.8, 4) is 5.75 Å². The summed E-state index contributed by atoms with van der Waals surface area (Å²) in [5.74, 6) is 0.660. The van der Waals surface area contributed by atoms with E-state index in [1.54, 1.807) is 25.6 Å². The first-order valence-electron chi connectivity index (χ1n) is 3.51. The molecule has 1 N–H and O–H groups in total. The molecule has 0 amide bonds. The van der Waals surface area contributed by atoms with E-state index in [0.717, 1.165) is 5.56 Å². The summed E-state index contributed by atoms with van der Waals surface area (Å²) >= 11 is 3.18. The van der Waals surface area contributed by atoms with Gasteiger partial charge in [0.05, 0.1) is 19.4 Å². The van der Waals surface area contributed by atoms with Crippen LogP contribution in [0, 0.1) is 0 Å². The van der Waals surface area contributed by atoms with Gasteiger partial charge in [-0.2, -0.15) is 0 Å². The summed E-state index contributed by atoms with van der Waals surface area (Å²) < 4.78 is 4.96. The Hall–Kier alpha value is -0.610. The Balaban J connectivity index is 2.86. The van der Waals surface area contributed by atoms with Crippen LogP contribution in [0.4, 0.5) is 0 Å². The van der Waals surface area contributed by atoms with Crippen molar-refractivity contribution in [1.82, 2.24) is 4.98 Å². The number of aromatic nitrogens is 1. The molecule has 0 aliphatic rings. The van der Waals surface area contributed by atoms with E-state index in [2.05, 4.69) is 20.9 Å². The Morgan fingerprint density at radius 2 is 2.42 bits per heavy atom. The smallest absolute Gasteiger partial charge is 0.137 e. The number of methoxy groups -OCH3 is 1. The van der Waals surface area contributed by atoms with Crippen molar-refractivity contribution in [2.45, 2.75) is 6.10 Å². The van der Waals surface area contributed by atoms with Gasteiger partial charge in [-0.3, -0.25) is 4.98 Å². The number of pyridine rings is 1. The molecule has 0 aliphatic heterocycles. The van der Waals surface area contributed by atoms with Crippen LogP contribution >= 0.6 is 15.9 Å². The number of hydrogen-bond donors (Lipinski definition) is 1. The SMILES string of the molecule is COc1cncc(C(O)CBr)c1. The topological polar surface area (TPSA) is 42.4 Å². The number of ether oxygens (including phenoxy) is 1. The predicted octanol–water partition coefficient (Wildman–Crippen LogP) is 1.52. The molecule has 0 fully saturated rings. The molecule has 0 spiro atoms. The second-order valence-electron chi connectivity index (χ2n) is 2.33. The fraction of sp³-hybridized carbons (Fsp3) is 0.375. The number of halogens is 1. The van der Waals surface area contributed by atoms with Crippen molar-refractivity contribution in [3.05, 3.63) is 24.0 Å². The average Bonchev–Trinajstić information content (AvgIpc) is 2.17. The molecule has 0 aromatic carbocycles. The van der Waals surface area contributed by atoms with Gasteiger partial charge in [-0.05, 0) is 6.07 Å². The zero-order valence-electron chi connectivity index (χ0n) is 6.70. The molecule has 12 heavy (non-hydrogen) atoms. The normalized spacial score (nSPS) is 12.6. The van der Waals surface area contributed by atoms with Crippen molar-refractivity contribution in [3.63, 3.8) is 0 Å². The maximum atomic E-state index is 9.41. The van der Waals surface area contributed by atoms with Crippen molar-refractivity contribution < 1.29 is 9.84 Å². The molecule has 1 heterocycles. The fourth-order valence-electron chi connectivity index (χ4n) is 0.819. The Bertz CT molecular complexity index is 255. The first-order chi connectivity index (χ1) is 5.77. The Kier molecular flexibility index (Phi) is 3.49. The highest BCUT2D eigenvalue weighted by Gasteiger charge is 2.06. The third-order valence-corrected chi connectivity index (χ3v) is 2.11. The van der Waals surface area contributed by atoms with Gasteiger partial charge in [0.2, 0.25) is 0 Å². The number of aliphatic hydroxyl groups is 1. The van der Waals surface area contributed by atoms with E-state index in [-0.39, 0.29) is 0 Å². The number of nitrogens with zero attached hydrogens (tertiary/aromatic N) is 1. The van der Waals surface area contributed by atoms with E-state index in [1.807, 2.05) is 0 Å². The van der Waals surface area contributed by atoms with Crippen molar-refractivity contribution in [2.75, 3.05) is 12.4 Å². The highest BCUT2D eigenvalue weighted by atomic mass is 79.9. The number of alkyl halides is 1. The summed E-state index contributed by atoms with van der Waals surface area (Å²) in [6.07, 6.45) is 2.70. The Labute approximate surface area is 79.5 Å². The first kappa shape index (κ1) is 9.48. The molecule has 66 valence electrons. The predicted molar refractivity (Wildman–Crippen MR) is 49.5 cm³/mol. The van der Waals surface area contributed by atoms with Gasteiger partial charge in [-0.15, -0.1) is 0 Å². The molecular weight excluding hydrogens is 222 g/mol. The third-order valence-electron chi connectivity index (χ3n) is 1.50. The van der Waals surface area contributed by atoms with E-state index in [0.29, 0.717) is 11.1 Å². The first-order valence-corrected chi connectivity index (χ1v) is 4.63. The lowest BCUT2D eigenvalue weighted by molar-refractivity contribution is 0.204. The van der Waals surface area contributed by atoms with Crippen molar-refractivity contribution >= 4 is 15.9 Å². The standard InChI is InChI=1S/C8H10BrNO2/c1-12-7-2-6(4-10-5-7)8(11)3-9/h2,4-5,8,11H,3H2,1H3. The molecule has 0 bridgehead atoms. The summed E-state index contributed by atoms with van der Waals surface area (Å²) in [6, 6.07) is 1.76. The molecule has 0 aliphatic carbocycles. The quantitative estimate of drug-likeness (QED) is 0.803. The molecule has 1 rings (SSSR count). The van der Waals surface area contributed by atoms with E-state index in [9.17, 15) is 5.11 Å². The van der Waals surface area contributed by atoms with Gasteiger partial charge in [0.25, 0.3) is 0 Å². The van der Waals surface area contributed by atoms with Gasteiger partial charge >= 0.3 is 0 Å². The highest BCUT2D eigenvalue weighted by Crippen LogP contribution is 2.18. The summed E-state index contributed by atoms with van der Waals surface area (Å²) in [5, 5.41) is 9.91. The highest BCUT2D eigenvalue weighted by molar-refractivity contribution is 9.09. The second-order valence-corrected chi connectivity index (χ2v) is 2.98. The van der Waals surface area contributed by atoms with Gasteiger partial charge < -0.3 is 9.84 Å². The maximum Gasteiger partial charge on any atom is 0.137 e. The number of rotatable bonds is 3. The summed E-state index contributed by atoms with van der Waals surface area (Å²) in [6.45, 7) is 0. The van der Waals surface area contributed by atoms with Crippen LogP contribution in [0.1, 0.15) is 11.7 Å². The van der Waals surface area contributed by atoms with E-state index < -0.39 is 6.10 Å². The van der Waals surface area contributed by atoms with Crippen LogP contribution in [-0.2, 0) is 0 Å². The average molecular weight is 232 g/mol. The largest absolute Gasteiger partial charge is 0.495 e. The van der Waals surface area contributed by atoms with Crippen LogP contribution in [-0.4, -0.2) is 22.5 Å². The van der Waals surface area contributed by atoms with Gasteiger partial charge in [0.15, 0.2) is 0 Å². The second kappa shape index (κ2) is 4.42. The van der Waals surface area contributed by atoms with Gasteiger partial charge in [0.1, 0.15) is 5.75 Å². The third kappa shape index (κ3) is 2.19. The molecule has 3 nitrogen and oxygen atoms in total. The lowest BCUT2D eigenvalue weighted by Crippen LogP contribution is -1.99. The van der Waals surface area contributed by atoms with Crippen LogP contribution in [0.3, 0.4) is 0 Å². The minimum absolute atomic E-state index is 0.502. The molecular formula is C8H10BrNO2. The molecule has 1 unspecified atom stereocenters. The van der Waals surface area contributed by atoms with E-state index >= 15 is 0 Å². The molecule has 0 saturated carbocycles. The molecule has 0 saturated heterocycles. The molecule has 1 aromatic heterocycles. The van der Waals surface area contributed by atoms with Crippen LogP contribution < -0.4 is 4.74 Å². The lowest BCUT2D eigenvalue weighted by atomic mass is 10.2. The molecule has 1 aromatic rings. The number of aliphatic hydroxyl groups excluding tert-OH is 1. The molecule has 1 atom stereocenters. The Morgan fingerprint density at radius 1 is 1.67 bits per heavy atom. The molecule has 4 heteroatoms. The van der Waals surface area contributed by atoms with Gasteiger partial charge in [-0.25, -0.2) is 0 Å². The van der Waals surface area contributed by atoms with Crippen LogP contribution in [0.25, 0.3) is 0 Å². The van der Waals surface area contributed by atoms with E-state index in [1.165, 1.54) is 0 Å². The summed E-state index contributed by atoms with van der Waals surface area (Å²) in [4.78, 5) is 3.92. The minimum atomic E-state index is -0.521. The number of hydrogen-bond acceptors (Lipinski definition) is 3. The lowest BCUT2D eigenvalue weighted by Gasteiger charge is -2.07. The maximum absolute atomic E-state index is 9.41. The zero-order valence-corrected chi connectivity index (χ0v) is 8.28. The van der Waals surface area contributed by atoms with E-state index in [4.69, 9.17) is 4.74 Å². The van der Waals surface area contributed by atoms with Gasteiger partial charge in [-0.1, -0.05) is 15.9 Å². The van der Waals surface area contributed by atoms with Crippen LogP contribution in [0.2, 0.25) is 0 Å². The van der Waals surface area contributed by atoms with Crippen molar-refractivity contribution in [1.29, 1.82) is 0 Å². The summed E-state index contributed by atoms with van der Waals surface area (Å²) in [5.41, 5.74) is 0.756. The van der Waals surface area contributed by atoms with Crippen LogP contribution in [0.15, 0.2) is 18.5 Å². The van der Waals surface area contributed by atoms with Crippen molar-refractivity contribution in [2.24, 2.45) is 0 Å². The monoisotopic (exact) mass is 231 g/mol. The van der Waals surface area contributed by atoms with Crippen LogP contribution in [0.5, 0.6) is 5.75 Å². The minimum Gasteiger partial charge on any atom is -0.495 e. The fourth-order valence-corrected chi connectivity index (χ4v) is 1.19.